The molecule has 2 aliphatic heterocycles. The highest BCUT2D eigenvalue weighted by Crippen LogP contribution is 2.43. The lowest BCUT2D eigenvalue weighted by molar-refractivity contribution is -0.138. The zero-order valence-corrected chi connectivity index (χ0v) is 28.0. The number of hydrogen-bond acceptors (Lipinski definition) is 7. The number of hydrogen-bond donors (Lipinski definition) is 7. The molecule has 0 amide bonds. The number of allylic oxidation sites excluding steroid dienone is 1. The minimum atomic E-state index is -1.23. The summed E-state index contributed by atoms with van der Waals surface area (Å²) in [6.07, 6.45) is 2.03. The van der Waals surface area contributed by atoms with Gasteiger partial charge in [0.25, 0.3) is 0 Å². The molecule has 2 atom stereocenters. The molecule has 0 aliphatic carbocycles. The van der Waals surface area contributed by atoms with Crippen molar-refractivity contribution in [3.05, 3.63) is 75.4 Å². The van der Waals surface area contributed by atoms with Crippen molar-refractivity contribution in [2.45, 2.75) is 72.1 Å². The molecule has 0 saturated heterocycles. The van der Waals surface area contributed by atoms with E-state index in [2.05, 4.69) is 16.5 Å². The van der Waals surface area contributed by atoms with Gasteiger partial charge < -0.3 is 36.8 Å². The van der Waals surface area contributed by atoms with Crippen LogP contribution in [0.4, 0.5) is 0 Å². The first-order valence-electron chi connectivity index (χ1n) is 15.9. The van der Waals surface area contributed by atoms with E-state index < -0.39 is 30.2 Å². The van der Waals surface area contributed by atoms with Crippen molar-refractivity contribution in [1.82, 2.24) is 19.9 Å². The van der Waals surface area contributed by atoms with Gasteiger partial charge >= 0.3 is 17.9 Å². The summed E-state index contributed by atoms with van der Waals surface area (Å²) in [7, 11) is 0. The largest absolute Gasteiger partial charge is 0.481 e. The van der Waals surface area contributed by atoms with Crippen LogP contribution < -0.4 is 11.5 Å². The molecule has 12 nitrogen and oxygen atoms in total. The van der Waals surface area contributed by atoms with Gasteiger partial charge in [0, 0.05) is 70.2 Å². The summed E-state index contributed by atoms with van der Waals surface area (Å²) in [5.74, 6) is -4.13. The second kappa shape index (κ2) is 14.8. The van der Waals surface area contributed by atoms with Crippen LogP contribution in [-0.4, -0.2) is 66.3 Å². The van der Waals surface area contributed by atoms with Crippen molar-refractivity contribution in [2.75, 3.05) is 13.1 Å². The Balaban J connectivity index is 0.00000123. The summed E-state index contributed by atoms with van der Waals surface area (Å²) in [5.41, 5.74) is 19.0. The first kappa shape index (κ1) is 35.8. The summed E-state index contributed by atoms with van der Waals surface area (Å²) in [4.78, 5) is 53.2. The van der Waals surface area contributed by atoms with Gasteiger partial charge in [-0.15, -0.1) is 0 Å². The summed E-state index contributed by atoms with van der Waals surface area (Å²) < 4.78 is 0. The quantitative estimate of drug-likeness (QED) is 0.155. The Bertz CT molecular complexity index is 1980. The van der Waals surface area contributed by atoms with Crippen LogP contribution in [0.2, 0.25) is 0 Å². The lowest BCUT2D eigenvalue weighted by atomic mass is 9.84. The van der Waals surface area contributed by atoms with E-state index in [4.69, 9.17) is 21.4 Å². The Labute approximate surface area is 278 Å². The van der Waals surface area contributed by atoms with Crippen LogP contribution in [0.1, 0.15) is 96.0 Å². The van der Waals surface area contributed by atoms with Gasteiger partial charge in [-0.3, -0.25) is 14.6 Å². The molecule has 0 saturated carbocycles. The number of nitrogens with zero attached hydrogens (tertiary/aromatic N) is 2. The molecule has 3 aromatic heterocycles. The van der Waals surface area contributed by atoms with Crippen LogP contribution in [0.3, 0.4) is 0 Å². The molecule has 0 fully saturated rings. The molecule has 2 aliphatic rings. The maximum absolute atomic E-state index is 12.7. The first-order chi connectivity index (χ1) is 22.8. The van der Waals surface area contributed by atoms with E-state index in [1.54, 1.807) is 13.0 Å². The van der Waals surface area contributed by atoms with Gasteiger partial charge in [0.05, 0.1) is 29.1 Å². The van der Waals surface area contributed by atoms with Crippen molar-refractivity contribution in [3.8, 4) is 0 Å². The van der Waals surface area contributed by atoms with Crippen molar-refractivity contribution >= 4 is 57.2 Å². The third-order valence-corrected chi connectivity index (χ3v) is 9.11. The number of carboxylic acid groups (broad SMARTS) is 3. The number of aryl methyl sites for hydroxylation is 3. The lowest BCUT2D eigenvalue weighted by Crippen LogP contribution is -2.13. The molecule has 12 heteroatoms. The summed E-state index contributed by atoms with van der Waals surface area (Å²) in [6, 6.07) is 5.75. The number of rotatable bonds is 9. The van der Waals surface area contributed by atoms with Crippen LogP contribution >= 0.6 is 0 Å². The van der Waals surface area contributed by atoms with Crippen LogP contribution in [0.5, 0.6) is 0 Å². The van der Waals surface area contributed by atoms with Gasteiger partial charge in [-0.05, 0) is 74.1 Å². The first-order valence-corrected chi connectivity index (χ1v) is 15.9. The van der Waals surface area contributed by atoms with E-state index in [0.717, 1.165) is 44.3 Å². The number of fused-ring (bicyclic) bond motifs is 8. The van der Waals surface area contributed by atoms with Crippen LogP contribution in [0, 0.1) is 13.8 Å². The van der Waals surface area contributed by atoms with Crippen LogP contribution in [-0.2, 0) is 27.2 Å². The molecule has 5 rings (SSSR count). The summed E-state index contributed by atoms with van der Waals surface area (Å²) in [6.45, 7) is 14.9. The lowest BCUT2D eigenvalue weighted by Gasteiger charge is -2.17. The number of nitrogens with one attached hydrogen (secondary N) is 2. The molecule has 254 valence electrons. The van der Waals surface area contributed by atoms with Crippen molar-refractivity contribution in [2.24, 2.45) is 11.5 Å². The molecule has 9 N–H and O–H groups in total. The SMILES string of the molecule is C=Cc1c(C)c2cc3nc(c(CC(=O)O)c4nc(cc5[nH]c(cc1[nH]2)c(C)c5CC)C(C)=C4C(=O)O)[C@@H](CCC(=O)O)[C@@H]3C.NCCN. The van der Waals surface area contributed by atoms with Gasteiger partial charge in [0.1, 0.15) is 0 Å². The Hall–Kier alpha value is -5.07. The van der Waals surface area contributed by atoms with E-state index >= 15 is 0 Å². The van der Waals surface area contributed by atoms with E-state index in [1.807, 2.05) is 45.9 Å². The number of aromatic nitrogens is 4. The molecule has 3 aromatic rings. The molecule has 0 unspecified atom stereocenters. The third-order valence-electron chi connectivity index (χ3n) is 9.11. The average molecular weight is 657 g/mol. The van der Waals surface area contributed by atoms with E-state index in [1.165, 1.54) is 0 Å². The van der Waals surface area contributed by atoms with Crippen molar-refractivity contribution in [3.63, 3.8) is 0 Å². The normalized spacial score (nSPS) is 15.6. The minimum Gasteiger partial charge on any atom is -0.481 e. The van der Waals surface area contributed by atoms with Gasteiger partial charge in [0.15, 0.2) is 0 Å². The number of nitrogens with two attached hydrogens (primary N) is 2. The van der Waals surface area contributed by atoms with Gasteiger partial charge in [-0.2, -0.15) is 0 Å². The topological polar surface area (TPSA) is 221 Å². The molecule has 0 spiro atoms. The Morgan fingerprint density at radius 2 is 1.54 bits per heavy atom. The van der Waals surface area contributed by atoms with Crippen molar-refractivity contribution in [1.29, 1.82) is 0 Å². The number of aromatic amines is 2. The fourth-order valence-electron chi connectivity index (χ4n) is 6.53. The second-order valence-electron chi connectivity index (χ2n) is 12.1. The molecule has 5 heterocycles. The Morgan fingerprint density at radius 3 is 2.10 bits per heavy atom. The predicted octanol–water partition coefficient (Wildman–Crippen LogP) is 5.44. The summed E-state index contributed by atoms with van der Waals surface area (Å²) >= 11 is 0. The Kier molecular flexibility index (Phi) is 11.0. The third kappa shape index (κ3) is 6.95. The second-order valence-corrected chi connectivity index (χ2v) is 12.1. The van der Waals surface area contributed by atoms with Gasteiger partial charge in [0.2, 0.25) is 0 Å². The van der Waals surface area contributed by atoms with Gasteiger partial charge in [-0.1, -0.05) is 26.5 Å². The zero-order chi connectivity index (χ0) is 35.4. The Morgan fingerprint density at radius 1 is 0.896 bits per heavy atom. The number of H-pyrrole nitrogens is 2. The number of carbonyl (C=O) groups is 3. The highest BCUT2D eigenvalue weighted by Gasteiger charge is 2.35. The van der Waals surface area contributed by atoms with Crippen LogP contribution in [0.15, 0.2) is 24.8 Å². The number of aliphatic carboxylic acids is 3. The van der Waals surface area contributed by atoms with E-state index in [-0.39, 0.29) is 35.6 Å². The zero-order valence-electron chi connectivity index (χ0n) is 28.0. The fourth-order valence-corrected chi connectivity index (χ4v) is 6.53. The minimum absolute atomic E-state index is 0.0451. The smallest absolute Gasteiger partial charge is 0.338 e. The maximum Gasteiger partial charge on any atom is 0.338 e. The highest BCUT2D eigenvalue weighted by molar-refractivity contribution is 6.24. The standard InChI is InChI=1S/C34H36N4O6.C2H8N2/c1-7-19-15(3)23-12-25-17(5)21(9-10-29(39)40)32(37-25)22(11-30(41)42)33-31(34(43)44)18(6)26(38-33)14-28-20(8-2)16(4)24(36-28)13-27(19)35-23;3-1-2-4/h7,12-14,17,21,35-36H,1,8-11H2,2-6H3,(H,39,40)(H,41,42)(H,43,44);1-4H2/t17-,21-;/m0./s1. The van der Waals surface area contributed by atoms with Crippen LogP contribution in [0.25, 0.3) is 39.3 Å². The molecular weight excluding hydrogens is 612 g/mol. The molecule has 0 radical (unpaired) electrons. The molecule has 8 bridgehead atoms. The maximum atomic E-state index is 12.7. The van der Waals surface area contributed by atoms with E-state index in [0.29, 0.717) is 42.2 Å². The van der Waals surface area contributed by atoms with Crippen molar-refractivity contribution < 1.29 is 29.7 Å². The molecule has 48 heavy (non-hydrogen) atoms. The predicted molar refractivity (Wildman–Crippen MR) is 188 cm³/mol. The van der Waals surface area contributed by atoms with Gasteiger partial charge in [-0.25, -0.2) is 9.78 Å². The fraction of sp³-hybridized carbons (Fsp3) is 0.361. The summed E-state index contributed by atoms with van der Waals surface area (Å²) in [5, 5.41) is 29.9. The highest BCUT2D eigenvalue weighted by atomic mass is 16.4. The monoisotopic (exact) mass is 656 g/mol. The average Bonchev–Trinajstić information content (AvgIpc) is 3.71. The number of carboxylic acids is 3. The van der Waals surface area contributed by atoms with E-state index in [9.17, 15) is 29.7 Å². The molecular formula is C36H44N6O6. The molecule has 0 aromatic carbocycles.